The highest BCUT2D eigenvalue weighted by Gasteiger charge is 2.16. The Morgan fingerprint density at radius 1 is 1.40 bits per heavy atom. The Kier molecular flexibility index (Phi) is 4.96. The van der Waals surface area contributed by atoms with E-state index in [-0.39, 0.29) is 0 Å². The third-order valence-corrected chi connectivity index (χ3v) is 4.39. The molecule has 1 aromatic carbocycles. The first-order valence-electron chi connectivity index (χ1n) is 6.84. The normalized spacial score (nSPS) is 12.2. The molecule has 0 bridgehead atoms. The number of nitrogens with zero attached hydrogens (tertiary/aromatic N) is 2. The molecule has 0 aliphatic heterocycles. The van der Waals surface area contributed by atoms with Crippen LogP contribution in [0, 0.1) is 25.0 Å². The van der Waals surface area contributed by atoms with E-state index in [1.807, 2.05) is 0 Å². The summed E-state index contributed by atoms with van der Waals surface area (Å²) in [6.07, 6.45) is 5.36. The zero-order chi connectivity index (χ0) is 14.7. The maximum Gasteiger partial charge on any atom is 0.253 e. The highest BCUT2D eigenvalue weighted by Crippen LogP contribution is 2.21. The van der Waals surface area contributed by atoms with Gasteiger partial charge in [-0.3, -0.25) is 0 Å². The molecule has 0 fully saturated rings. The summed E-state index contributed by atoms with van der Waals surface area (Å²) in [7, 11) is 0. The molecule has 2 rings (SSSR count). The fourth-order valence-electron chi connectivity index (χ4n) is 2.11. The Bertz CT molecular complexity index is 570. The van der Waals surface area contributed by atoms with E-state index in [9.17, 15) is 0 Å². The number of imidazole rings is 1. The average molecular weight is 310 g/mol. The van der Waals surface area contributed by atoms with Gasteiger partial charge in [-0.25, -0.2) is 9.13 Å². The molecule has 1 unspecified atom stereocenters. The van der Waals surface area contributed by atoms with Crippen molar-refractivity contribution in [2.45, 2.75) is 40.3 Å². The van der Waals surface area contributed by atoms with Crippen LogP contribution in [0.15, 0.2) is 18.5 Å². The van der Waals surface area contributed by atoms with Crippen molar-refractivity contribution in [2.24, 2.45) is 5.92 Å². The van der Waals surface area contributed by atoms with Crippen molar-refractivity contribution >= 4 is 23.2 Å². The van der Waals surface area contributed by atoms with Crippen molar-refractivity contribution in [2.75, 3.05) is 0 Å². The lowest BCUT2D eigenvalue weighted by Gasteiger charge is -2.07. The molecule has 0 N–H and O–H groups in total. The van der Waals surface area contributed by atoms with E-state index in [1.54, 1.807) is 6.07 Å². The van der Waals surface area contributed by atoms with Crippen molar-refractivity contribution in [1.82, 2.24) is 4.57 Å². The molecule has 1 heterocycles. The van der Waals surface area contributed by atoms with Crippen molar-refractivity contribution in [3.05, 3.63) is 52.0 Å². The van der Waals surface area contributed by atoms with Gasteiger partial charge in [-0.15, -0.1) is 0 Å². The fraction of sp³-hybridized carbons (Fsp3) is 0.438. The fourth-order valence-corrected chi connectivity index (χ4v) is 2.59. The Labute approximate surface area is 130 Å². The Hall–Kier alpha value is -1.17. The predicted molar refractivity (Wildman–Crippen MR) is 82.1 cm³/mol. The smallest absolute Gasteiger partial charge is 0.234 e. The summed E-state index contributed by atoms with van der Waals surface area (Å²) in [5.74, 6) is 1.87. The number of aromatic nitrogens is 2. The number of hydrogen-bond donors (Lipinski definition) is 0. The lowest BCUT2D eigenvalue weighted by Crippen LogP contribution is -2.36. The highest BCUT2D eigenvalue weighted by atomic mass is 35.5. The van der Waals surface area contributed by atoms with Crippen LogP contribution in [0.25, 0.3) is 0 Å². The van der Waals surface area contributed by atoms with Gasteiger partial charge in [0.1, 0.15) is 18.9 Å². The van der Waals surface area contributed by atoms with Crippen molar-refractivity contribution in [3.63, 3.8) is 0 Å². The van der Waals surface area contributed by atoms with Crippen molar-refractivity contribution in [1.29, 1.82) is 0 Å². The standard InChI is InChI=1S/C16H19Cl2N2/c1-4-12(2)10-19-8-9-20(13(19)3)11-14-15(17)6-5-7-16(14)18/h6,8-9,12H,4,10-11H2,1-3H3/q+1. The van der Waals surface area contributed by atoms with E-state index in [1.165, 1.54) is 12.2 Å². The quantitative estimate of drug-likeness (QED) is 0.736. The van der Waals surface area contributed by atoms with Gasteiger partial charge in [-0.2, -0.15) is 0 Å². The molecule has 20 heavy (non-hydrogen) atoms. The highest BCUT2D eigenvalue weighted by molar-refractivity contribution is 6.35. The zero-order valence-corrected chi connectivity index (χ0v) is 13.6. The Morgan fingerprint density at radius 2 is 2.15 bits per heavy atom. The molecule has 1 atom stereocenters. The first-order chi connectivity index (χ1) is 9.52. The van der Waals surface area contributed by atoms with Gasteiger partial charge < -0.3 is 0 Å². The molecular formula is C16H19Cl2N2+. The molecular weight excluding hydrogens is 291 g/mol. The molecule has 2 nitrogen and oxygen atoms in total. The number of rotatable bonds is 5. The molecule has 0 aliphatic carbocycles. The van der Waals surface area contributed by atoms with Crippen LogP contribution in [-0.4, -0.2) is 4.57 Å². The summed E-state index contributed by atoms with van der Waals surface area (Å²) in [5.41, 5.74) is 0.890. The van der Waals surface area contributed by atoms with E-state index in [0.717, 1.165) is 12.1 Å². The van der Waals surface area contributed by atoms with Gasteiger partial charge >= 0.3 is 0 Å². The summed E-state index contributed by atoms with van der Waals surface area (Å²) in [6, 6.07) is 7.37. The van der Waals surface area contributed by atoms with Gasteiger partial charge in [0.05, 0.1) is 16.6 Å². The first kappa shape index (κ1) is 15.2. The molecule has 0 saturated carbocycles. The number of halogens is 2. The minimum atomic E-state index is 0.541. The van der Waals surface area contributed by atoms with Gasteiger partial charge in [0.15, 0.2) is 0 Å². The van der Waals surface area contributed by atoms with Crippen LogP contribution < -0.4 is 4.57 Å². The SMILES string of the molecule is CCC(C)Cn1cc[n+](Cc2c(Cl)c#ccc2Cl)c1C. The maximum atomic E-state index is 6.19. The number of hydrogen-bond acceptors (Lipinski definition) is 0. The molecule has 4 heteroatoms. The van der Waals surface area contributed by atoms with Crippen LogP contribution in [0.3, 0.4) is 0 Å². The molecule has 106 valence electrons. The summed E-state index contributed by atoms with van der Waals surface area (Å²) >= 11 is 12.3. The van der Waals surface area contributed by atoms with Gasteiger partial charge in [-0.1, -0.05) is 43.1 Å². The molecule has 0 aliphatic rings. The topological polar surface area (TPSA) is 8.81 Å². The van der Waals surface area contributed by atoms with Crippen LogP contribution in [0.1, 0.15) is 31.7 Å². The second kappa shape index (κ2) is 6.52. The lowest BCUT2D eigenvalue weighted by atomic mass is 10.1. The van der Waals surface area contributed by atoms with Gasteiger partial charge in [0.25, 0.3) is 5.82 Å². The summed E-state index contributed by atoms with van der Waals surface area (Å²) in [4.78, 5) is 0. The predicted octanol–water partition coefficient (Wildman–Crippen LogP) is 4.09. The monoisotopic (exact) mass is 309 g/mol. The molecule has 0 spiro atoms. The van der Waals surface area contributed by atoms with Crippen LogP contribution in [0.2, 0.25) is 10.0 Å². The molecule has 2 aromatic rings. The second-order valence-electron chi connectivity index (χ2n) is 5.19. The van der Waals surface area contributed by atoms with Crippen molar-refractivity contribution < 1.29 is 4.57 Å². The summed E-state index contributed by atoms with van der Waals surface area (Å²) in [5, 5.41) is 1.18. The third-order valence-electron chi connectivity index (χ3n) is 3.73. The van der Waals surface area contributed by atoms with Crippen LogP contribution in [0.4, 0.5) is 0 Å². The van der Waals surface area contributed by atoms with E-state index in [0.29, 0.717) is 22.5 Å². The van der Waals surface area contributed by atoms with Crippen LogP contribution in [-0.2, 0) is 13.1 Å². The lowest BCUT2D eigenvalue weighted by molar-refractivity contribution is -0.694. The molecule has 1 aromatic heterocycles. The van der Waals surface area contributed by atoms with E-state index < -0.39 is 0 Å². The van der Waals surface area contributed by atoms with Gasteiger partial charge in [0, 0.05) is 18.6 Å². The first-order valence-corrected chi connectivity index (χ1v) is 7.60. The summed E-state index contributed by atoms with van der Waals surface area (Å²) < 4.78 is 4.43. The minimum absolute atomic E-state index is 0.541. The average Bonchev–Trinajstić information content (AvgIpc) is 2.75. The Balaban J connectivity index is 2.23. The summed E-state index contributed by atoms with van der Waals surface area (Å²) in [6.45, 7) is 8.28. The van der Waals surface area contributed by atoms with E-state index in [4.69, 9.17) is 23.2 Å². The molecule has 0 amide bonds. The van der Waals surface area contributed by atoms with Crippen LogP contribution in [0.5, 0.6) is 0 Å². The Morgan fingerprint density at radius 3 is 2.80 bits per heavy atom. The van der Waals surface area contributed by atoms with E-state index in [2.05, 4.69) is 54.4 Å². The van der Waals surface area contributed by atoms with Crippen molar-refractivity contribution in [3.8, 4) is 0 Å². The minimum Gasteiger partial charge on any atom is -0.234 e. The van der Waals surface area contributed by atoms with E-state index >= 15 is 0 Å². The molecule has 0 saturated heterocycles. The maximum absolute atomic E-state index is 6.19. The van der Waals surface area contributed by atoms with Gasteiger partial charge in [0.2, 0.25) is 0 Å². The molecule has 0 radical (unpaired) electrons. The third kappa shape index (κ3) is 3.29. The zero-order valence-electron chi connectivity index (χ0n) is 12.1. The van der Waals surface area contributed by atoms with Crippen LogP contribution >= 0.6 is 23.2 Å². The van der Waals surface area contributed by atoms with Gasteiger partial charge in [-0.05, 0) is 18.4 Å². The second-order valence-corrected chi connectivity index (χ2v) is 5.98. The largest absolute Gasteiger partial charge is 0.253 e.